The van der Waals surface area contributed by atoms with Gasteiger partial charge in [-0.1, -0.05) is 25.0 Å². The predicted molar refractivity (Wildman–Crippen MR) is 41.1 cm³/mol. The third kappa shape index (κ3) is 1.85. The molecule has 1 rings (SSSR count). The topological polar surface area (TPSA) is 0 Å². The van der Waals surface area contributed by atoms with E-state index in [0.29, 0.717) is 0 Å². The van der Waals surface area contributed by atoms with Crippen LogP contribution in [-0.4, -0.2) is 0 Å². The minimum Gasteiger partial charge on any atom is -0.0853 e. The molecule has 0 saturated heterocycles. The fourth-order valence-corrected chi connectivity index (χ4v) is 1.28. The molecule has 1 unspecified atom stereocenters. The van der Waals surface area contributed by atoms with Gasteiger partial charge in [0.25, 0.3) is 0 Å². The number of rotatable bonds is 1. The van der Waals surface area contributed by atoms with Crippen LogP contribution in [0.4, 0.5) is 0 Å². The lowest BCUT2D eigenvalue weighted by Gasteiger charge is -2.17. The van der Waals surface area contributed by atoms with E-state index in [4.69, 9.17) is 0 Å². The summed E-state index contributed by atoms with van der Waals surface area (Å²) in [4.78, 5) is 0. The zero-order chi connectivity index (χ0) is 6.69. The van der Waals surface area contributed by atoms with Crippen molar-refractivity contribution in [2.24, 2.45) is 5.92 Å². The summed E-state index contributed by atoms with van der Waals surface area (Å²) in [5, 5.41) is 0. The highest BCUT2D eigenvalue weighted by Gasteiger charge is 2.08. The molecule has 1 aliphatic rings. The van der Waals surface area contributed by atoms with Gasteiger partial charge in [-0.25, -0.2) is 0 Å². The summed E-state index contributed by atoms with van der Waals surface area (Å²) in [6.07, 6.45) is 7.42. The van der Waals surface area contributed by atoms with Crippen molar-refractivity contribution in [1.82, 2.24) is 0 Å². The highest BCUT2D eigenvalue weighted by atomic mass is 14.1. The first-order valence-electron chi connectivity index (χ1n) is 3.78. The van der Waals surface area contributed by atoms with Crippen molar-refractivity contribution >= 4 is 0 Å². The smallest absolute Gasteiger partial charge is 0.0320 e. The quantitative estimate of drug-likeness (QED) is 0.470. The van der Waals surface area contributed by atoms with Crippen LogP contribution >= 0.6 is 0 Å². The van der Waals surface area contributed by atoms with Gasteiger partial charge in [-0.05, 0) is 32.1 Å². The average molecular weight is 123 g/mol. The monoisotopic (exact) mass is 123 g/mol. The minimum absolute atomic E-state index is 0.883. The lowest BCUT2D eigenvalue weighted by Crippen LogP contribution is -2.02. The zero-order valence-electron chi connectivity index (χ0n) is 6.19. The molecule has 0 N–H and O–H groups in total. The molecule has 0 aromatic heterocycles. The second-order valence-electron chi connectivity index (χ2n) is 2.98. The zero-order valence-corrected chi connectivity index (χ0v) is 6.19. The van der Waals surface area contributed by atoms with Gasteiger partial charge in [0.15, 0.2) is 0 Å². The molecule has 0 heterocycles. The summed E-state index contributed by atoms with van der Waals surface area (Å²) in [6.45, 7) is 6.13. The van der Waals surface area contributed by atoms with Crippen molar-refractivity contribution in [2.45, 2.75) is 32.6 Å². The highest BCUT2D eigenvalue weighted by Crippen LogP contribution is 2.24. The Kier molecular flexibility index (Phi) is 2.32. The van der Waals surface area contributed by atoms with Gasteiger partial charge < -0.3 is 0 Å². The Morgan fingerprint density at radius 2 is 2.56 bits per heavy atom. The Bertz CT molecular complexity index is 111. The Morgan fingerprint density at radius 1 is 1.78 bits per heavy atom. The summed E-state index contributed by atoms with van der Waals surface area (Å²) in [5.41, 5.74) is 1.57. The molecule has 0 saturated carbocycles. The van der Waals surface area contributed by atoms with Gasteiger partial charge >= 0.3 is 0 Å². The van der Waals surface area contributed by atoms with Crippen LogP contribution in [0.3, 0.4) is 0 Å². The van der Waals surface area contributed by atoms with Crippen LogP contribution in [0.2, 0.25) is 0 Å². The van der Waals surface area contributed by atoms with Crippen molar-refractivity contribution in [3.05, 3.63) is 18.6 Å². The molecule has 1 radical (unpaired) electrons. The lowest BCUT2D eigenvalue weighted by molar-refractivity contribution is 0.474. The number of hydrogen-bond acceptors (Lipinski definition) is 0. The van der Waals surface area contributed by atoms with E-state index in [9.17, 15) is 0 Å². The molecule has 0 aromatic carbocycles. The molecule has 9 heavy (non-hydrogen) atoms. The maximum absolute atomic E-state index is 3.91. The second kappa shape index (κ2) is 3.05. The Morgan fingerprint density at radius 3 is 3.00 bits per heavy atom. The largest absolute Gasteiger partial charge is 0.0853 e. The van der Waals surface area contributed by atoms with Gasteiger partial charge in [0, 0.05) is 0 Å². The van der Waals surface area contributed by atoms with Crippen LogP contribution in [0, 0.1) is 12.8 Å². The Hall–Kier alpha value is -0.260. The molecule has 51 valence electrons. The van der Waals surface area contributed by atoms with Crippen LogP contribution in [0.1, 0.15) is 32.6 Å². The van der Waals surface area contributed by atoms with E-state index < -0.39 is 0 Å². The first-order chi connectivity index (χ1) is 4.33. The molecule has 0 nitrogen and oxygen atoms in total. The fourth-order valence-electron chi connectivity index (χ4n) is 1.28. The van der Waals surface area contributed by atoms with Crippen molar-refractivity contribution in [3.8, 4) is 0 Å². The summed E-state index contributed by atoms with van der Waals surface area (Å²) >= 11 is 0. The van der Waals surface area contributed by atoms with E-state index in [1.807, 2.05) is 0 Å². The van der Waals surface area contributed by atoms with Crippen LogP contribution in [0.25, 0.3) is 0 Å². The van der Waals surface area contributed by atoms with Crippen molar-refractivity contribution in [1.29, 1.82) is 0 Å². The highest BCUT2D eigenvalue weighted by molar-refractivity contribution is 5.02. The van der Waals surface area contributed by atoms with Crippen molar-refractivity contribution < 1.29 is 0 Å². The summed E-state index contributed by atoms with van der Waals surface area (Å²) in [5.74, 6) is 0.883. The predicted octanol–water partition coefficient (Wildman–Crippen LogP) is 2.96. The van der Waals surface area contributed by atoms with Gasteiger partial charge in [-0.3, -0.25) is 0 Å². The van der Waals surface area contributed by atoms with Gasteiger partial charge in [-0.15, -0.1) is 0 Å². The molecule has 0 aromatic rings. The molecule has 0 bridgehead atoms. The molecular weight excluding hydrogens is 108 g/mol. The van der Waals surface area contributed by atoms with E-state index in [1.54, 1.807) is 5.57 Å². The van der Waals surface area contributed by atoms with Gasteiger partial charge in [0.05, 0.1) is 0 Å². The van der Waals surface area contributed by atoms with Crippen LogP contribution < -0.4 is 0 Å². The molecule has 0 fully saturated rings. The van der Waals surface area contributed by atoms with Gasteiger partial charge in [-0.2, -0.15) is 0 Å². The third-order valence-electron chi connectivity index (χ3n) is 2.15. The standard InChI is InChI=1S/C9H15/c1-3-9-6-4-8(2)5-7-9/h4,9H,1,3,5-7H2,2H3. The first kappa shape index (κ1) is 6.85. The van der Waals surface area contributed by atoms with Crippen LogP contribution in [0.15, 0.2) is 11.6 Å². The fraction of sp³-hybridized carbons (Fsp3) is 0.667. The van der Waals surface area contributed by atoms with E-state index in [2.05, 4.69) is 19.9 Å². The maximum atomic E-state index is 3.91. The van der Waals surface area contributed by atoms with Crippen LogP contribution in [-0.2, 0) is 0 Å². The second-order valence-corrected chi connectivity index (χ2v) is 2.98. The van der Waals surface area contributed by atoms with E-state index in [1.165, 1.54) is 19.3 Å². The van der Waals surface area contributed by atoms with E-state index in [0.717, 1.165) is 12.3 Å². The molecular formula is C9H15. The molecule has 1 atom stereocenters. The van der Waals surface area contributed by atoms with Gasteiger partial charge in [0.2, 0.25) is 0 Å². The first-order valence-corrected chi connectivity index (χ1v) is 3.78. The van der Waals surface area contributed by atoms with Gasteiger partial charge in [0.1, 0.15) is 0 Å². The summed E-state index contributed by atoms with van der Waals surface area (Å²) < 4.78 is 0. The maximum Gasteiger partial charge on any atom is -0.0320 e. The minimum atomic E-state index is 0.883. The van der Waals surface area contributed by atoms with Crippen LogP contribution in [0.5, 0.6) is 0 Å². The average Bonchev–Trinajstić information content (AvgIpc) is 1.90. The lowest BCUT2D eigenvalue weighted by atomic mass is 9.89. The molecule has 0 spiro atoms. The van der Waals surface area contributed by atoms with E-state index in [-0.39, 0.29) is 0 Å². The molecule has 0 heteroatoms. The SMILES string of the molecule is [CH2]CC1CC=C(C)CC1. The molecule has 0 amide bonds. The Balaban J connectivity index is 2.36. The normalized spacial score (nSPS) is 27.8. The van der Waals surface area contributed by atoms with E-state index >= 15 is 0 Å². The molecule has 0 aliphatic heterocycles. The number of hydrogen-bond donors (Lipinski definition) is 0. The summed E-state index contributed by atoms with van der Waals surface area (Å²) in [6, 6.07) is 0. The Labute approximate surface area is 58.0 Å². The van der Waals surface area contributed by atoms with Crippen molar-refractivity contribution in [3.63, 3.8) is 0 Å². The molecule has 1 aliphatic carbocycles. The van der Waals surface area contributed by atoms with Crippen molar-refractivity contribution in [2.75, 3.05) is 0 Å². The summed E-state index contributed by atoms with van der Waals surface area (Å²) in [7, 11) is 0. The third-order valence-corrected chi connectivity index (χ3v) is 2.15. The number of allylic oxidation sites excluding steroid dienone is 2.